The Kier molecular flexibility index (Phi) is 4.11. The third kappa shape index (κ3) is 3.21. The number of rotatable bonds is 5. The molecule has 6 heteroatoms. The van der Waals surface area contributed by atoms with Gasteiger partial charge in [-0.05, 0) is 42.8 Å². The first kappa shape index (κ1) is 15.7. The van der Waals surface area contributed by atoms with E-state index in [4.69, 9.17) is 0 Å². The van der Waals surface area contributed by atoms with E-state index in [0.717, 1.165) is 26.7 Å². The zero-order chi connectivity index (χ0) is 17.2. The fourth-order valence-electron chi connectivity index (χ4n) is 2.90. The van der Waals surface area contributed by atoms with Crippen molar-refractivity contribution >= 4 is 44.1 Å². The van der Waals surface area contributed by atoms with Gasteiger partial charge in [-0.15, -0.1) is 0 Å². The van der Waals surface area contributed by atoms with Crippen molar-refractivity contribution in [2.75, 3.05) is 5.32 Å². The Morgan fingerprint density at radius 3 is 2.92 bits per heavy atom. The summed E-state index contributed by atoms with van der Waals surface area (Å²) in [6.45, 7) is 0.558. The van der Waals surface area contributed by atoms with Crippen molar-refractivity contribution in [2.24, 2.45) is 0 Å². The number of H-pyrrole nitrogens is 1. The molecule has 0 unspecified atom stereocenters. The van der Waals surface area contributed by atoms with E-state index in [1.165, 1.54) is 11.5 Å². The molecule has 0 fully saturated rings. The molecular formula is C19H17N3O2S. The summed E-state index contributed by atoms with van der Waals surface area (Å²) in [5.41, 5.74) is 1.86. The lowest BCUT2D eigenvalue weighted by Gasteiger charge is -2.05. The van der Waals surface area contributed by atoms with Crippen LogP contribution >= 0.6 is 11.5 Å². The molecule has 5 nitrogen and oxygen atoms in total. The molecule has 0 aliphatic heterocycles. The lowest BCUT2D eigenvalue weighted by Crippen LogP contribution is -2.16. The smallest absolute Gasteiger partial charge is 0.268 e. The summed E-state index contributed by atoms with van der Waals surface area (Å²) >= 11 is 1.45. The summed E-state index contributed by atoms with van der Waals surface area (Å²) in [6.07, 6.45) is 2.88. The van der Waals surface area contributed by atoms with Gasteiger partial charge in [0.25, 0.3) is 5.56 Å². The van der Waals surface area contributed by atoms with E-state index in [1.807, 2.05) is 54.7 Å². The number of aryl methyl sites for hydroxylation is 1. The first-order valence-corrected chi connectivity index (χ1v) is 8.94. The van der Waals surface area contributed by atoms with Crippen molar-refractivity contribution in [3.8, 4) is 0 Å². The summed E-state index contributed by atoms with van der Waals surface area (Å²) in [7, 11) is 0. The molecule has 2 aromatic carbocycles. The van der Waals surface area contributed by atoms with E-state index in [1.54, 1.807) is 3.96 Å². The average Bonchev–Trinajstić information content (AvgIpc) is 3.20. The number of aromatic nitrogens is 2. The van der Waals surface area contributed by atoms with Crippen LogP contribution in [-0.2, 0) is 11.3 Å². The standard InChI is InChI=1S/C19H17N3O2S/c23-18(21-14-7-8-16-13(12-14)9-10-20-16)6-3-11-22-19(24)15-4-1-2-5-17(15)25-22/h1-2,4-5,7-10,12,20H,3,6,11H2,(H,21,23). The van der Waals surface area contributed by atoms with Crippen LogP contribution in [-0.4, -0.2) is 14.8 Å². The van der Waals surface area contributed by atoms with E-state index >= 15 is 0 Å². The fourth-order valence-corrected chi connectivity index (χ4v) is 3.93. The van der Waals surface area contributed by atoms with Gasteiger partial charge in [-0.1, -0.05) is 23.7 Å². The Morgan fingerprint density at radius 1 is 1.16 bits per heavy atom. The van der Waals surface area contributed by atoms with E-state index < -0.39 is 0 Å². The van der Waals surface area contributed by atoms with Crippen LogP contribution in [0.1, 0.15) is 12.8 Å². The van der Waals surface area contributed by atoms with Gasteiger partial charge >= 0.3 is 0 Å². The molecule has 126 valence electrons. The van der Waals surface area contributed by atoms with Crippen LogP contribution in [0.15, 0.2) is 59.5 Å². The third-order valence-corrected chi connectivity index (χ3v) is 5.28. The molecule has 0 aliphatic carbocycles. The minimum Gasteiger partial charge on any atom is -0.361 e. The molecule has 0 saturated carbocycles. The topological polar surface area (TPSA) is 66.9 Å². The Bertz CT molecular complexity index is 1110. The second kappa shape index (κ2) is 6.57. The molecular weight excluding hydrogens is 334 g/mol. The Labute approximate surface area is 148 Å². The summed E-state index contributed by atoms with van der Waals surface area (Å²) in [5.74, 6) is -0.0379. The fraction of sp³-hybridized carbons (Fsp3) is 0.158. The van der Waals surface area contributed by atoms with Crippen molar-refractivity contribution in [2.45, 2.75) is 19.4 Å². The minimum atomic E-state index is -0.0379. The van der Waals surface area contributed by atoms with Crippen LogP contribution in [0.4, 0.5) is 5.69 Å². The maximum atomic E-state index is 12.3. The molecule has 2 aromatic heterocycles. The lowest BCUT2D eigenvalue weighted by atomic mass is 10.2. The molecule has 25 heavy (non-hydrogen) atoms. The average molecular weight is 351 g/mol. The number of anilines is 1. The molecule has 4 aromatic rings. The van der Waals surface area contributed by atoms with E-state index in [0.29, 0.717) is 19.4 Å². The molecule has 2 heterocycles. The zero-order valence-electron chi connectivity index (χ0n) is 13.5. The summed E-state index contributed by atoms with van der Waals surface area (Å²) < 4.78 is 2.71. The van der Waals surface area contributed by atoms with E-state index in [2.05, 4.69) is 10.3 Å². The van der Waals surface area contributed by atoms with E-state index in [9.17, 15) is 9.59 Å². The summed E-state index contributed by atoms with van der Waals surface area (Å²) in [4.78, 5) is 27.5. The molecule has 0 radical (unpaired) electrons. The molecule has 4 rings (SSSR count). The predicted octanol–water partition coefficient (Wildman–Crippen LogP) is 3.96. The van der Waals surface area contributed by atoms with Crippen LogP contribution in [0, 0.1) is 0 Å². The number of fused-ring (bicyclic) bond motifs is 2. The van der Waals surface area contributed by atoms with E-state index in [-0.39, 0.29) is 11.5 Å². The van der Waals surface area contributed by atoms with Gasteiger partial charge in [0.15, 0.2) is 0 Å². The van der Waals surface area contributed by atoms with Gasteiger partial charge in [-0.2, -0.15) is 0 Å². The normalized spacial score (nSPS) is 11.2. The number of amides is 1. The summed E-state index contributed by atoms with van der Waals surface area (Å²) in [5, 5.41) is 4.73. The van der Waals surface area contributed by atoms with Crippen LogP contribution in [0.5, 0.6) is 0 Å². The van der Waals surface area contributed by atoms with Crippen LogP contribution in [0.2, 0.25) is 0 Å². The first-order chi connectivity index (χ1) is 12.2. The lowest BCUT2D eigenvalue weighted by molar-refractivity contribution is -0.116. The maximum absolute atomic E-state index is 12.3. The van der Waals surface area contributed by atoms with Gasteiger partial charge in [-0.3, -0.25) is 13.5 Å². The Morgan fingerprint density at radius 2 is 2.04 bits per heavy atom. The monoisotopic (exact) mass is 351 g/mol. The van der Waals surface area contributed by atoms with Crippen molar-refractivity contribution in [3.63, 3.8) is 0 Å². The zero-order valence-corrected chi connectivity index (χ0v) is 14.3. The highest BCUT2D eigenvalue weighted by Gasteiger charge is 2.08. The van der Waals surface area contributed by atoms with Crippen LogP contribution < -0.4 is 10.9 Å². The largest absolute Gasteiger partial charge is 0.361 e. The van der Waals surface area contributed by atoms with Gasteiger partial charge in [0.05, 0.1) is 10.1 Å². The number of hydrogen-bond donors (Lipinski definition) is 2. The van der Waals surface area contributed by atoms with Crippen LogP contribution in [0.25, 0.3) is 21.0 Å². The molecule has 0 bridgehead atoms. The molecule has 2 N–H and O–H groups in total. The van der Waals surface area contributed by atoms with Gasteiger partial charge in [-0.25, -0.2) is 0 Å². The maximum Gasteiger partial charge on any atom is 0.268 e. The second-order valence-corrected chi connectivity index (χ2v) is 6.99. The number of hydrogen-bond acceptors (Lipinski definition) is 3. The highest BCUT2D eigenvalue weighted by molar-refractivity contribution is 7.13. The van der Waals surface area contributed by atoms with Gasteiger partial charge in [0.1, 0.15) is 0 Å². The number of nitrogens with zero attached hydrogens (tertiary/aromatic N) is 1. The quantitative estimate of drug-likeness (QED) is 0.571. The van der Waals surface area contributed by atoms with Crippen molar-refractivity contribution in [1.82, 2.24) is 8.94 Å². The van der Waals surface area contributed by atoms with Gasteiger partial charge < -0.3 is 10.3 Å². The minimum absolute atomic E-state index is 0.0268. The second-order valence-electron chi connectivity index (χ2n) is 5.93. The van der Waals surface area contributed by atoms with Crippen molar-refractivity contribution < 1.29 is 4.79 Å². The highest BCUT2D eigenvalue weighted by Crippen LogP contribution is 2.19. The van der Waals surface area contributed by atoms with Gasteiger partial charge in [0, 0.05) is 35.8 Å². The number of carbonyl (C=O) groups excluding carboxylic acids is 1. The Balaban J connectivity index is 1.36. The molecule has 1 amide bonds. The SMILES string of the molecule is O=C(CCCn1sc2ccccc2c1=O)Nc1ccc2[nH]ccc2c1. The highest BCUT2D eigenvalue weighted by atomic mass is 32.1. The molecule has 0 spiro atoms. The first-order valence-electron chi connectivity index (χ1n) is 8.16. The van der Waals surface area contributed by atoms with Gasteiger partial charge in [0.2, 0.25) is 5.91 Å². The van der Waals surface area contributed by atoms with Crippen molar-refractivity contribution in [3.05, 3.63) is 65.1 Å². The predicted molar refractivity (Wildman–Crippen MR) is 102 cm³/mol. The number of nitrogens with one attached hydrogen (secondary N) is 2. The number of carbonyl (C=O) groups is 1. The molecule has 0 aliphatic rings. The molecule has 0 atom stereocenters. The third-order valence-electron chi connectivity index (χ3n) is 4.15. The Hall–Kier alpha value is -2.86. The molecule has 0 saturated heterocycles. The number of benzene rings is 2. The van der Waals surface area contributed by atoms with Crippen LogP contribution in [0.3, 0.4) is 0 Å². The number of aromatic amines is 1. The van der Waals surface area contributed by atoms with Crippen molar-refractivity contribution in [1.29, 1.82) is 0 Å². The summed E-state index contributed by atoms with van der Waals surface area (Å²) in [6, 6.07) is 15.3.